The van der Waals surface area contributed by atoms with Gasteiger partial charge in [-0.2, -0.15) is 0 Å². The second-order valence-corrected chi connectivity index (χ2v) is 8.50. The van der Waals surface area contributed by atoms with Gasteiger partial charge in [0, 0.05) is 19.0 Å². The molecule has 0 saturated carbocycles. The molecule has 33 heavy (non-hydrogen) atoms. The zero-order chi connectivity index (χ0) is 24.4. The van der Waals surface area contributed by atoms with Gasteiger partial charge >= 0.3 is 0 Å². The van der Waals surface area contributed by atoms with Crippen LogP contribution in [-0.4, -0.2) is 42.0 Å². The first-order chi connectivity index (χ1) is 15.7. The van der Waals surface area contributed by atoms with E-state index >= 15 is 0 Å². The molecule has 0 heterocycles. The van der Waals surface area contributed by atoms with Crippen molar-refractivity contribution in [3.63, 3.8) is 0 Å². The molecule has 0 aliphatic rings. The average molecular weight is 455 g/mol. The number of amides is 2. The van der Waals surface area contributed by atoms with E-state index in [9.17, 15) is 9.59 Å². The van der Waals surface area contributed by atoms with E-state index < -0.39 is 6.04 Å². The van der Waals surface area contributed by atoms with Crippen LogP contribution in [0.2, 0.25) is 0 Å². The lowest BCUT2D eigenvalue weighted by molar-refractivity contribution is -0.140. The van der Waals surface area contributed by atoms with E-state index in [-0.39, 0.29) is 17.9 Å². The number of hydrogen-bond donors (Lipinski definition) is 1. The smallest absolute Gasteiger partial charge is 0.242 e. The van der Waals surface area contributed by atoms with Gasteiger partial charge in [-0.05, 0) is 71.2 Å². The van der Waals surface area contributed by atoms with E-state index in [4.69, 9.17) is 9.47 Å². The van der Waals surface area contributed by atoms with Crippen LogP contribution in [0.3, 0.4) is 0 Å². The number of aryl methyl sites for hydroxylation is 2. The highest BCUT2D eigenvalue weighted by Crippen LogP contribution is 2.29. The highest BCUT2D eigenvalue weighted by molar-refractivity contribution is 5.87. The van der Waals surface area contributed by atoms with Crippen molar-refractivity contribution >= 4 is 11.8 Å². The summed E-state index contributed by atoms with van der Waals surface area (Å²) < 4.78 is 11.3. The largest absolute Gasteiger partial charge is 0.490 e. The molecule has 1 atom stereocenters. The van der Waals surface area contributed by atoms with Gasteiger partial charge in [0.25, 0.3) is 0 Å². The van der Waals surface area contributed by atoms with Gasteiger partial charge in [0.1, 0.15) is 6.04 Å². The topological polar surface area (TPSA) is 67.9 Å². The third kappa shape index (κ3) is 8.12. The third-order valence-electron chi connectivity index (χ3n) is 5.27. The maximum Gasteiger partial charge on any atom is 0.242 e. The minimum Gasteiger partial charge on any atom is -0.490 e. The normalized spacial score (nSPS) is 11.7. The van der Waals surface area contributed by atoms with Gasteiger partial charge in [-0.3, -0.25) is 9.59 Å². The molecule has 0 aliphatic heterocycles. The van der Waals surface area contributed by atoms with Crippen molar-refractivity contribution in [1.82, 2.24) is 10.2 Å². The van der Waals surface area contributed by atoms with Crippen LogP contribution in [0.1, 0.15) is 57.7 Å². The van der Waals surface area contributed by atoms with E-state index in [0.717, 1.165) is 16.7 Å². The summed E-state index contributed by atoms with van der Waals surface area (Å²) in [5.41, 5.74) is 3.12. The van der Waals surface area contributed by atoms with Gasteiger partial charge in [0.15, 0.2) is 11.5 Å². The molecule has 0 aromatic heterocycles. The zero-order valence-electron chi connectivity index (χ0n) is 20.8. The second kappa shape index (κ2) is 12.9. The molecule has 2 aromatic rings. The fourth-order valence-electron chi connectivity index (χ4n) is 3.64. The van der Waals surface area contributed by atoms with Crippen molar-refractivity contribution in [2.45, 2.75) is 73.0 Å². The first kappa shape index (κ1) is 26.2. The van der Waals surface area contributed by atoms with Gasteiger partial charge in [-0.1, -0.05) is 35.9 Å². The van der Waals surface area contributed by atoms with E-state index in [1.807, 2.05) is 77.1 Å². The SMILES string of the molecule is CCOc1ccc(CCC(=O)N(Cc2cccc(C)c2)C(C)C(=O)NC(C)C)cc1OCC. The van der Waals surface area contributed by atoms with Gasteiger partial charge in [-0.25, -0.2) is 0 Å². The molecule has 0 radical (unpaired) electrons. The van der Waals surface area contributed by atoms with Gasteiger partial charge in [-0.15, -0.1) is 0 Å². The Kier molecular flexibility index (Phi) is 10.2. The van der Waals surface area contributed by atoms with Crippen molar-refractivity contribution in [3.8, 4) is 11.5 Å². The van der Waals surface area contributed by atoms with E-state index in [0.29, 0.717) is 44.1 Å². The minimum absolute atomic E-state index is 0.0108. The number of carbonyl (C=O) groups is 2. The summed E-state index contributed by atoms with van der Waals surface area (Å²) in [4.78, 5) is 27.7. The van der Waals surface area contributed by atoms with Crippen LogP contribution in [0.4, 0.5) is 0 Å². The Hall–Kier alpha value is -3.02. The molecule has 0 saturated heterocycles. The van der Waals surface area contributed by atoms with Crippen molar-refractivity contribution in [1.29, 1.82) is 0 Å². The summed E-state index contributed by atoms with van der Waals surface area (Å²) in [5, 5.41) is 2.93. The molecule has 2 rings (SSSR count). The second-order valence-electron chi connectivity index (χ2n) is 8.50. The number of ether oxygens (including phenoxy) is 2. The number of nitrogens with one attached hydrogen (secondary N) is 1. The zero-order valence-corrected chi connectivity index (χ0v) is 20.8. The highest BCUT2D eigenvalue weighted by atomic mass is 16.5. The molecule has 2 aromatic carbocycles. The van der Waals surface area contributed by atoms with Gasteiger partial charge < -0.3 is 19.7 Å². The summed E-state index contributed by atoms with van der Waals surface area (Å²) in [6, 6.07) is 13.2. The monoisotopic (exact) mass is 454 g/mol. The van der Waals surface area contributed by atoms with Crippen LogP contribution in [0.25, 0.3) is 0 Å². The molecule has 180 valence electrons. The van der Waals surface area contributed by atoms with Crippen LogP contribution in [-0.2, 0) is 22.6 Å². The average Bonchev–Trinajstić information content (AvgIpc) is 2.76. The molecule has 6 nitrogen and oxygen atoms in total. The predicted octanol–water partition coefficient (Wildman–Crippen LogP) is 4.67. The number of rotatable bonds is 12. The highest BCUT2D eigenvalue weighted by Gasteiger charge is 2.26. The molecular formula is C27H38N2O4. The van der Waals surface area contributed by atoms with Crippen LogP contribution >= 0.6 is 0 Å². The summed E-state index contributed by atoms with van der Waals surface area (Å²) >= 11 is 0. The number of hydrogen-bond acceptors (Lipinski definition) is 4. The standard InChI is InChI=1S/C27H38N2O4/c1-7-32-24-14-12-22(17-25(24)33-8-2)13-15-26(30)29(21(6)27(31)28-19(3)4)18-23-11-9-10-20(5)16-23/h9-12,14,16-17,19,21H,7-8,13,15,18H2,1-6H3,(H,28,31). The quantitative estimate of drug-likeness (QED) is 0.506. The Morgan fingerprint density at radius 3 is 2.27 bits per heavy atom. The van der Waals surface area contributed by atoms with Crippen molar-refractivity contribution < 1.29 is 19.1 Å². The van der Waals surface area contributed by atoms with E-state index in [2.05, 4.69) is 5.32 Å². The Balaban J connectivity index is 2.18. The molecule has 1 N–H and O–H groups in total. The fourth-order valence-corrected chi connectivity index (χ4v) is 3.64. The molecule has 0 spiro atoms. The van der Waals surface area contributed by atoms with E-state index in [1.165, 1.54) is 0 Å². The lowest BCUT2D eigenvalue weighted by atomic mass is 10.1. The van der Waals surface area contributed by atoms with Crippen LogP contribution in [0, 0.1) is 6.92 Å². The molecule has 6 heteroatoms. The molecule has 2 amide bonds. The number of benzene rings is 2. The lowest BCUT2D eigenvalue weighted by Crippen LogP contribution is -2.49. The fraction of sp³-hybridized carbons (Fsp3) is 0.481. The summed E-state index contributed by atoms with van der Waals surface area (Å²) in [6.07, 6.45) is 0.846. The van der Waals surface area contributed by atoms with Crippen LogP contribution < -0.4 is 14.8 Å². The van der Waals surface area contributed by atoms with Crippen molar-refractivity contribution in [3.05, 3.63) is 59.2 Å². The summed E-state index contributed by atoms with van der Waals surface area (Å²) in [7, 11) is 0. The van der Waals surface area contributed by atoms with Gasteiger partial charge in [0.05, 0.1) is 13.2 Å². The van der Waals surface area contributed by atoms with E-state index in [1.54, 1.807) is 11.8 Å². The predicted molar refractivity (Wildman–Crippen MR) is 132 cm³/mol. The maximum atomic E-state index is 13.3. The summed E-state index contributed by atoms with van der Waals surface area (Å²) in [5.74, 6) is 1.18. The van der Waals surface area contributed by atoms with Crippen molar-refractivity contribution in [2.75, 3.05) is 13.2 Å². The summed E-state index contributed by atoms with van der Waals surface area (Å²) in [6.45, 7) is 13.0. The Morgan fingerprint density at radius 2 is 1.64 bits per heavy atom. The van der Waals surface area contributed by atoms with Crippen molar-refractivity contribution in [2.24, 2.45) is 0 Å². The first-order valence-electron chi connectivity index (χ1n) is 11.8. The third-order valence-corrected chi connectivity index (χ3v) is 5.27. The molecule has 0 aliphatic carbocycles. The lowest BCUT2D eigenvalue weighted by Gasteiger charge is -2.29. The molecule has 1 unspecified atom stereocenters. The molecule has 0 fully saturated rings. The Bertz CT molecular complexity index is 926. The Labute approximate surface area is 198 Å². The Morgan fingerprint density at radius 1 is 0.939 bits per heavy atom. The van der Waals surface area contributed by atoms with Crippen LogP contribution in [0.5, 0.6) is 11.5 Å². The maximum absolute atomic E-state index is 13.3. The van der Waals surface area contributed by atoms with Crippen LogP contribution in [0.15, 0.2) is 42.5 Å². The molecule has 0 bridgehead atoms. The minimum atomic E-state index is -0.570. The van der Waals surface area contributed by atoms with Gasteiger partial charge in [0.2, 0.25) is 11.8 Å². The molecular weight excluding hydrogens is 416 g/mol. The first-order valence-corrected chi connectivity index (χ1v) is 11.8. The number of carbonyl (C=O) groups excluding carboxylic acids is 2. The number of nitrogens with zero attached hydrogens (tertiary/aromatic N) is 1.